The third kappa shape index (κ3) is 2.56. The van der Waals surface area contributed by atoms with Crippen molar-refractivity contribution in [1.29, 1.82) is 0 Å². The first-order valence-corrected chi connectivity index (χ1v) is 8.87. The zero-order valence-corrected chi connectivity index (χ0v) is 14.5. The van der Waals surface area contributed by atoms with Crippen LogP contribution in [0, 0.1) is 0 Å². The molecule has 2 N–H and O–H groups in total. The van der Waals surface area contributed by atoms with E-state index in [1.165, 1.54) is 9.13 Å². The number of aromatic nitrogens is 2. The Bertz CT molecular complexity index is 948. The van der Waals surface area contributed by atoms with E-state index in [0.717, 1.165) is 12.1 Å². The molecule has 2 aliphatic heterocycles. The van der Waals surface area contributed by atoms with Gasteiger partial charge in [-0.05, 0) is 31.0 Å². The summed E-state index contributed by atoms with van der Waals surface area (Å²) in [7, 11) is 1.64. The quantitative estimate of drug-likeness (QED) is 0.774. The highest BCUT2D eigenvalue weighted by atomic mass is 19.1. The number of hydrogen-bond donors (Lipinski definition) is 2. The summed E-state index contributed by atoms with van der Waals surface area (Å²) in [4.78, 5) is 36.6. The van der Waals surface area contributed by atoms with E-state index in [-0.39, 0.29) is 30.4 Å². The lowest BCUT2D eigenvalue weighted by Crippen LogP contribution is -2.44. The van der Waals surface area contributed by atoms with Gasteiger partial charge in [0.1, 0.15) is 12.2 Å². The van der Waals surface area contributed by atoms with Crippen LogP contribution in [0.2, 0.25) is 0 Å². The van der Waals surface area contributed by atoms with E-state index in [2.05, 4.69) is 10.6 Å². The lowest BCUT2D eigenvalue weighted by molar-refractivity contribution is -0.135. The largest absolute Gasteiger partial charge is 0.329 e. The fourth-order valence-electron chi connectivity index (χ4n) is 4.17. The summed E-state index contributed by atoms with van der Waals surface area (Å²) < 4.78 is 17.4. The van der Waals surface area contributed by atoms with Crippen molar-refractivity contribution in [3.8, 4) is 0 Å². The average Bonchev–Trinajstić information content (AvgIpc) is 2.87. The molecule has 138 valence electrons. The zero-order chi connectivity index (χ0) is 18.4. The van der Waals surface area contributed by atoms with Gasteiger partial charge >= 0.3 is 5.69 Å². The summed E-state index contributed by atoms with van der Waals surface area (Å²) in [6.07, 6.45) is 0.105. The minimum absolute atomic E-state index is 0.194. The maximum absolute atomic E-state index is 14.5. The van der Waals surface area contributed by atoms with E-state index in [0.29, 0.717) is 24.0 Å². The summed E-state index contributed by atoms with van der Waals surface area (Å²) in [6.45, 7) is 1.02. The van der Waals surface area contributed by atoms with Crippen molar-refractivity contribution in [3.05, 3.63) is 34.2 Å². The number of hydrogen-bond acceptors (Lipinski definition) is 4. The Morgan fingerprint density at radius 2 is 2.00 bits per heavy atom. The second-order valence-corrected chi connectivity index (χ2v) is 7.01. The molecular formula is C18H21FN4O3. The zero-order valence-electron chi connectivity index (χ0n) is 14.5. The van der Waals surface area contributed by atoms with Crippen molar-refractivity contribution < 1.29 is 14.0 Å². The van der Waals surface area contributed by atoms with Crippen LogP contribution in [0.25, 0.3) is 11.0 Å². The second kappa shape index (κ2) is 6.35. The number of carbonyl (C=O) groups excluding carboxylic acids is 2. The number of fused-ring (bicyclic) bond motifs is 1. The number of imide groups is 1. The summed E-state index contributed by atoms with van der Waals surface area (Å²) in [5.74, 6) is -1.08. The monoisotopic (exact) mass is 360 g/mol. The fourth-order valence-corrected chi connectivity index (χ4v) is 4.17. The predicted molar refractivity (Wildman–Crippen MR) is 93.7 cm³/mol. The van der Waals surface area contributed by atoms with Gasteiger partial charge in [-0.2, -0.15) is 0 Å². The van der Waals surface area contributed by atoms with Crippen LogP contribution in [0.5, 0.6) is 0 Å². The molecular weight excluding hydrogens is 339 g/mol. The molecule has 2 aliphatic rings. The van der Waals surface area contributed by atoms with Gasteiger partial charge in [-0.3, -0.25) is 24.0 Å². The lowest BCUT2D eigenvalue weighted by Gasteiger charge is -2.27. The maximum Gasteiger partial charge on any atom is 0.329 e. The van der Waals surface area contributed by atoms with Gasteiger partial charge in [0.25, 0.3) is 0 Å². The first-order valence-electron chi connectivity index (χ1n) is 8.87. The number of imidazole rings is 1. The molecule has 3 heterocycles. The van der Waals surface area contributed by atoms with Gasteiger partial charge in [-0.25, -0.2) is 9.18 Å². The Labute approximate surface area is 149 Å². The fraction of sp³-hybridized carbons (Fsp3) is 0.500. The average molecular weight is 360 g/mol. The number of para-hydroxylation sites is 1. The van der Waals surface area contributed by atoms with Gasteiger partial charge in [-0.1, -0.05) is 12.1 Å². The molecule has 2 fully saturated rings. The van der Waals surface area contributed by atoms with Crippen LogP contribution in [0.4, 0.5) is 4.39 Å². The van der Waals surface area contributed by atoms with Crippen molar-refractivity contribution in [1.82, 2.24) is 19.8 Å². The molecule has 2 saturated heterocycles. The van der Waals surface area contributed by atoms with Gasteiger partial charge in [0.05, 0.1) is 11.0 Å². The molecule has 2 amide bonds. The van der Waals surface area contributed by atoms with Gasteiger partial charge in [0, 0.05) is 25.9 Å². The summed E-state index contributed by atoms with van der Waals surface area (Å²) in [5, 5.41) is 5.34. The van der Waals surface area contributed by atoms with Crippen molar-refractivity contribution in [2.24, 2.45) is 7.05 Å². The highest BCUT2D eigenvalue weighted by molar-refractivity contribution is 6.00. The number of piperidine rings is 2. The van der Waals surface area contributed by atoms with Gasteiger partial charge < -0.3 is 5.32 Å². The van der Waals surface area contributed by atoms with E-state index >= 15 is 0 Å². The molecule has 0 radical (unpaired) electrons. The number of aryl methyl sites for hydroxylation is 1. The third-order valence-corrected chi connectivity index (χ3v) is 5.46. The Kier molecular flexibility index (Phi) is 4.14. The van der Waals surface area contributed by atoms with Gasteiger partial charge in [0.15, 0.2) is 0 Å². The van der Waals surface area contributed by atoms with Crippen LogP contribution in [0.3, 0.4) is 0 Å². The highest BCUT2D eigenvalue weighted by Crippen LogP contribution is 2.34. The van der Waals surface area contributed by atoms with E-state index < -0.39 is 18.1 Å². The number of benzene rings is 1. The normalized spacial score (nSPS) is 26.9. The molecule has 26 heavy (non-hydrogen) atoms. The molecule has 1 unspecified atom stereocenters. The second-order valence-electron chi connectivity index (χ2n) is 7.01. The number of nitrogens with zero attached hydrogens (tertiary/aromatic N) is 2. The molecule has 0 aliphatic carbocycles. The number of nitrogens with one attached hydrogen (secondary N) is 2. The molecule has 7 nitrogen and oxygen atoms in total. The molecule has 1 aromatic carbocycles. The molecule has 0 spiro atoms. The van der Waals surface area contributed by atoms with Crippen molar-refractivity contribution in [3.63, 3.8) is 0 Å². The highest BCUT2D eigenvalue weighted by Gasteiger charge is 2.33. The topological polar surface area (TPSA) is 85.1 Å². The molecule has 4 rings (SSSR count). The van der Waals surface area contributed by atoms with E-state index in [1.54, 1.807) is 19.2 Å². The van der Waals surface area contributed by atoms with Crippen LogP contribution in [0.15, 0.2) is 23.0 Å². The third-order valence-electron chi connectivity index (χ3n) is 5.46. The van der Waals surface area contributed by atoms with Crippen LogP contribution in [-0.4, -0.2) is 40.2 Å². The Morgan fingerprint density at radius 1 is 1.19 bits per heavy atom. The molecule has 2 aromatic rings. The SMILES string of the molecule is Cn1c(=O)n(C2CCC(=O)NC2=O)c2cccc([C@H]3CCNC[C@@H]3F)c21. The van der Waals surface area contributed by atoms with Crippen LogP contribution >= 0.6 is 0 Å². The number of halogens is 1. The minimum atomic E-state index is -1.02. The van der Waals surface area contributed by atoms with Gasteiger partial charge in [-0.15, -0.1) is 0 Å². The summed E-state index contributed by atoms with van der Waals surface area (Å²) in [5.41, 5.74) is 1.74. The number of amides is 2. The van der Waals surface area contributed by atoms with E-state index in [9.17, 15) is 18.8 Å². The van der Waals surface area contributed by atoms with Crippen LogP contribution < -0.4 is 16.3 Å². The first kappa shape index (κ1) is 17.0. The Hall–Kier alpha value is -2.48. The Morgan fingerprint density at radius 3 is 2.73 bits per heavy atom. The Balaban J connectivity index is 1.88. The summed E-state index contributed by atoms with van der Waals surface area (Å²) in [6, 6.07) is 4.71. The van der Waals surface area contributed by atoms with Crippen LogP contribution in [-0.2, 0) is 16.6 Å². The number of carbonyl (C=O) groups is 2. The standard InChI is InChI=1S/C18H21FN4O3/c1-22-16-11(10-7-8-20-9-12(10)19)3-2-4-13(16)23(18(22)26)14-5-6-15(24)21-17(14)25/h2-4,10,12,14,20H,5-9H2,1H3,(H,21,24,25)/t10-,12+,14?/m1/s1. The lowest BCUT2D eigenvalue weighted by atomic mass is 9.88. The molecule has 1 aromatic heterocycles. The molecule has 3 atom stereocenters. The van der Waals surface area contributed by atoms with Crippen molar-refractivity contribution in [2.45, 2.75) is 37.4 Å². The van der Waals surface area contributed by atoms with E-state index in [1.807, 2.05) is 6.07 Å². The molecule has 8 heteroatoms. The van der Waals surface area contributed by atoms with Crippen molar-refractivity contribution in [2.75, 3.05) is 13.1 Å². The minimum Gasteiger partial charge on any atom is -0.314 e. The molecule has 0 bridgehead atoms. The predicted octanol–water partition coefficient (Wildman–Crippen LogP) is 0.733. The number of rotatable bonds is 2. The van der Waals surface area contributed by atoms with Gasteiger partial charge in [0.2, 0.25) is 11.8 Å². The van der Waals surface area contributed by atoms with Crippen molar-refractivity contribution >= 4 is 22.8 Å². The first-order chi connectivity index (χ1) is 12.5. The van der Waals surface area contributed by atoms with Crippen LogP contribution in [0.1, 0.15) is 36.8 Å². The number of alkyl halides is 1. The maximum atomic E-state index is 14.5. The van der Waals surface area contributed by atoms with E-state index in [4.69, 9.17) is 0 Å². The molecule has 0 saturated carbocycles. The summed E-state index contributed by atoms with van der Waals surface area (Å²) >= 11 is 0. The smallest absolute Gasteiger partial charge is 0.314 e.